The van der Waals surface area contributed by atoms with E-state index in [0.29, 0.717) is 12.2 Å². The lowest BCUT2D eigenvalue weighted by molar-refractivity contribution is 0.103. The van der Waals surface area contributed by atoms with E-state index in [-0.39, 0.29) is 12.4 Å². The molecule has 1 saturated heterocycles. The number of carbonyl (C=O) groups is 1. The van der Waals surface area contributed by atoms with Crippen LogP contribution in [-0.4, -0.2) is 25.3 Å². The highest BCUT2D eigenvalue weighted by molar-refractivity contribution is 5.89. The second kappa shape index (κ2) is 6.01. The first-order chi connectivity index (χ1) is 10.6. The highest BCUT2D eigenvalue weighted by atomic mass is 19.1. The summed E-state index contributed by atoms with van der Waals surface area (Å²) < 4.78 is 36.9. The molecule has 1 fully saturated rings. The van der Waals surface area contributed by atoms with E-state index in [1.807, 2.05) is 18.2 Å². The normalized spacial score (nSPS) is 17.5. The summed E-state index contributed by atoms with van der Waals surface area (Å²) in [5.41, 5.74) is 0.715. The molecule has 0 bridgehead atoms. The van der Waals surface area contributed by atoms with Crippen molar-refractivity contribution >= 4 is 11.8 Å². The Labute approximate surface area is 125 Å². The zero-order valence-electron chi connectivity index (χ0n) is 11.5. The topological polar surface area (TPSA) is 38.8 Å². The number of hydrogen-bond acceptors (Lipinski definition) is 3. The van der Waals surface area contributed by atoms with E-state index in [1.165, 1.54) is 4.90 Å². The molecule has 114 valence electrons. The molecular formula is C16H13F2NO3. The minimum absolute atomic E-state index is 0.0462. The van der Waals surface area contributed by atoms with Crippen LogP contribution >= 0.6 is 0 Å². The lowest BCUT2D eigenvalue weighted by atomic mass is 10.3. The second-order valence-corrected chi connectivity index (χ2v) is 4.84. The molecule has 0 aromatic heterocycles. The lowest BCUT2D eigenvalue weighted by Crippen LogP contribution is -2.26. The highest BCUT2D eigenvalue weighted by Crippen LogP contribution is 2.23. The second-order valence-electron chi connectivity index (χ2n) is 4.84. The molecule has 1 unspecified atom stereocenters. The van der Waals surface area contributed by atoms with Crippen molar-refractivity contribution in [2.24, 2.45) is 0 Å². The van der Waals surface area contributed by atoms with Crippen LogP contribution in [0.1, 0.15) is 0 Å². The third-order valence-corrected chi connectivity index (χ3v) is 3.26. The van der Waals surface area contributed by atoms with E-state index in [0.717, 1.165) is 18.2 Å². The molecule has 1 aliphatic rings. The molecule has 0 radical (unpaired) electrons. The van der Waals surface area contributed by atoms with E-state index in [1.54, 1.807) is 12.1 Å². The van der Waals surface area contributed by atoms with Gasteiger partial charge in [0.15, 0.2) is 17.7 Å². The molecule has 1 atom stereocenters. The molecule has 1 heterocycles. The third kappa shape index (κ3) is 3.00. The van der Waals surface area contributed by atoms with Crippen LogP contribution in [0.2, 0.25) is 0 Å². The number of benzene rings is 2. The molecule has 0 aliphatic carbocycles. The van der Waals surface area contributed by atoms with Crippen LogP contribution in [-0.2, 0) is 4.74 Å². The van der Waals surface area contributed by atoms with E-state index < -0.39 is 23.8 Å². The minimum atomic E-state index is -0.661. The quantitative estimate of drug-likeness (QED) is 0.869. The molecule has 1 amide bonds. The van der Waals surface area contributed by atoms with Gasteiger partial charge in [-0.2, -0.15) is 0 Å². The molecule has 22 heavy (non-hydrogen) atoms. The number of para-hydroxylation sites is 1. The predicted molar refractivity (Wildman–Crippen MR) is 75.9 cm³/mol. The summed E-state index contributed by atoms with van der Waals surface area (Å²) in [6.07, 6.45) is -1.03. The fourth-order valence-electron chi connectivity index (χ4n) is 2.20. The van der Waals surface area contributed by atoms with Gasteiger partial charge in [0.05, 0.1) is 6.54 Å². The number of hydrogen-bond donors (Lipinski definition) is 0. The van der Waals surface area contributed by atoms with Gasteiger partial charge in [-0.3, -0.25) is 4.90 Å². The Morgan fingerprint density at radius 3 is 2.73 bits per heavy atom. The summed E-state index contributed by atoms with van der Waals surface area (Å²) in [6, 6.07) is 12.0. The van der Waals surface area contributed by atoms with Crippen molar-refractivity contribution in [3.63, 3.8) is 0 Å². The summed E-state index contributed by atoms with van der Waals surface area (Å²) in [5.74, 6) is -1.45. The smallest absolute Gasteiger partial charge is 0.414 e. The van der Waals surface area contributed by atoms with Gasteiger partial charge in [0.1, 0.15) is 12.4 Å². The first-order valence-electron chi connectivity index (χ1n) is 6.74. The standard InChI is InChI=1S/C16H13F2NO3/c17-11-6-7-14(18)15(8-11)21-10-13-9-19(16(20)22-13)12-4-2-1-3-5-12/h1-8,13H,9-10H2. The summed E-state index contributed by atoms with van der Waals surface area (Å²) in [6.45, 7) is 0.245. The van der Waals surface area contributed by atoms with Crippen LogP contribution in [0, 0.1) is 11.6 Å². The fraction of sp³-hybridized carbons (Fsp3) is 0.188. The molecule has 6 heteroatoms. The monoisotopic (exact) mass is 305 g/mol. The van der Waals surface area contributed by atoms with Crippen LogP contribution in [0.25, 0.3) is 0 Å². The number of nitrogens with zero attached hydrogens (tertiary/aromatic N) is 1. The Morgan fingerprint density at radius 1 is 1.18 bits per heavy atom. The maximum Gasteiger partial charge on any atom is 0.414 e. The number of anilines is 1. The number of halogens is 2. The summed E-state index contributed by atoms with van der Waals surface area (Å²) in [5, 5.41) is 0. The van der Waals surface area contributed by atoms with Gasteiger partial charge in [-0.1, -0.05) is 18.2 Å². The van der Waals surface area contributed by atoms with Crippen molar-refractivity contribution in [2.75, 3.05) is 18.1 Å². The van der Waals surface area contributed by atoms with E-state index >= 15 is 0 Å². The summed E-state index contributed by atoms with van der Waals surface area (Å²) >= 11 is 0. The van der Waals surface area contributed by atoms with Crippen LogP contribution in [0.5, 0.6) is 5.75 Å². The zero-order chi connectivity index (χ0) is 15.5. The fourth-order valence-corrected chi connectivity index (χ4v) is 2.20. The summed E-state index contributed by atoms with van der Waals surface area (Å²) in [7, 11) is 0. The first-order valence-corrected chi connectivity index (χ1v) is 6.74. The number of ether oxygens (including phenoxy) is 2. The Bertz CT molecular complexity index is 678. The average molecular weight is 305 g/mol. The molecule has 0 spiro atoms. The molecule has 4 nitrogen and oxygen atoms in total. The average Bonchev–Trinajstić information content (AvgIpc) is 2.90. The van der Waals surface area contributed by atoms with E-state index in [9.17, 15) is 13.6 Å². The van der Waals surface area contributed by atoms with Crippen LogP contribution in [0.4, 0.5) is 19.3 Å². The van der Waals surface area contributed by atoms with Crippen molar-refractivity contribution in [3.8, 4) is 5.75 Å². The van der Waals surface area contributed by atoms with Crippen LogP contribution in [0.3, 0.4) is 0 Å². The van der Waals surface area contributed by atoms with Gasteiger partial charge in [-0.25, -0.2) is 13.6 Å². The van der Waals surface area contributed by atoms with Crippen molar-refractivity contribution < 1.29 is 23.0 Å². The maximum atomic E-state index is 13.5. The van der Waals surface area contributed by atoms with Gasteiger partial charge in [0.25, 0.3) is 0 Å². The van der Waals surface area contributed by atoms with Crippen molar-refractivity contribution in [1.29, 1.82) is 0 Å². The van der Waals surface area contributed by atoms with Crippen molar-refractivity contribution in [2.45, 2.75) is 6.10 Å². The van der Waals surface area contributed by atoms with Gasteiger partial charge in [0, 0.05) is 11.8 Å². The van der Waals surface area contributed by atoms with Crippen molar-refractivity contribution in [3.05, 3.63) is 60.2 Å². The maximum absolute atomic E-state index is 13.5. The van der Waals surface area contributed by atoms with Crippen LogP contribution in [0.15, 0.2) is 48.5 Å². The third-order valence-electron chi connectivity index (χ3n) is 3.26. The SMILES string of the molecule is O=C1OC(COc2cc(F)ccc2F)CN1c1ccccc1. The molecule has 1 aliphatic heterocycles. The van der Waals surface area contributed by atoms with Crippen molar-refractivity contribution in [1.82, 2.24) is 0 Å². The predicted octanol–water partition coefficient (Wildman–Crippen LogP) is 3.37. The van der Waals surface area contributed by atoms with Crippen LogP contribution < -0.4 is 9.64 Å². The molecule has 3 rings (SSSR count). The first kappa shape index (κ1) is 14.3. The molecule has 0 N–H and O–H groups in total. The Kier molecular flexibility index (Phi) is 3.91. The summed E-state index contributed by atoms with van der Waals surface area (Å²) in [4.78, 5) is 13.3. The minimum Gasteiger partial charge on any atom is -0.486 e. The highest BCUT2D eigenvalue weighted by Gasteiger charge is 2.32. The molecule has 2 aromatic rings. The molecule has 2 aromatic carbocycles. The number of rotatable bonds is 4. The lowest BCUT2D eigenvalue weighted by Gasteiger charge is -2.13. The number of cyclic esters (lactones) is 1. The zero-order valence-corrected chi connectivity index (χ0v) is 11.5. The Morgan fingerprint density at radius 2 is 1.95 bits per heavy atom. The number of carbonyl (C=O) groups excluding carboxylic acids is 1. The Hall–Kier alpha value is -2.63. The number of amides is 1. The van der Waals surface area contributed by atoms with Gasteiger partial charge in [-0.15, -0.1) is 0 Å². The van der Waals surface area contributed by atoms with Gasteiger partial charge < -0.3 is 9.47 Å². The Balaban J connectivity index is 1.63. The molecular weight excluding hydrogens is 292 g/mol. The van der Waals surface area contributed by atoms with E-state index in [4.69, 9.17) is 9.47 Å². The molecule has 0 saturated carbocycles. The van der Waals surface area contributed by atoms with Gasteiger partial charge in [0.2, 0.25) is 0 Å². The largest absolute Gasteiger partial charge is 0.486 e. The van der Waals surface area contributed by atoms with Gasteiger partial charge in [-0.05, 0) is 24.3 Å². The van der Waals surface area contributed by atoms with E-state index in [2.05, 4.69) is 0 Å². The van der Waals surface area contributed by atoms with Gasteiger partial charge >= 0.3 is 6.09 Å².